The molecule has 2 aromatic rings. The quantitative estimate of drug-likeness (QED) is 0.914. The third-order valence-corrected chi connectivity index (χ3v) is 2.97. The van der Waals surface area contributed by atoms with Crippen LogP contribution in [0.25, 0.3) is 0 Å². The maximum atomic E-state index is 10.9. The second-order valence-corrected chi connectivity index (χ2v) is 4.52. The lowest BCUT2D eigenvalue weighted by molar-refractivity contribution is 0.0696. The Hall–Kier alpha value is -2.20. The third-order valence-electron chi connectivity index (χ3n) is 2.72. The zero-order chi connectivity index (χ0) is 14.5. The van der Waals surface area contributed by atoms with Gasteiger partial charge in [-0.3, -0.25) is 0 Å². The second kappa shape index (κ2) is 6.30. The maximum absolute atomic E-state index is 10.9. The van der Waals surface area contributed by atoms with Crippen molar-refractivity contribution in [2.24, 2.45) is 0 Å². The highest BCUT2D eigenvalue weighted by molar-refractivity contribution is 6.30. The molecule has 0 aliphatic heterocycles. The SMILES string of the molecule is COc1cc(C(=O)O)ccc1OCc1ccc(Cl)cc1. The van der Waals surface area contributed by atoms with Crippen LogP contribution in [0.15, 0.2) is 42.5 Å². The highest BCUT2D eigenvalue weighted by Crippen LogP contribution is 2.29. The normalized spacial score (nSPS) is 10.1. The number of carbonyl (C=O) groups is 1. The van der Waals surface area contributed by atoms with Gasteiger partial charge in [0.05, 0.1) is 12.7 Å². The Morgan fingerprint density at radius 1 is 1.15 bits per heavy atom. The van der Waals surface area contributed by atoms with Gasteiger partial charge >= 0.3 is 5.97 Å². The number of halogens is 1. The number of carboxylic acids is 1. The minimum absolute atomic E-state index is 0.153. The van der Waals surface area contributed by atoms with Crippen molar-refractivity contribution in [1.82, 2.24) is 0 Å². The van der Waals surface area contributed by atoms with Crippen molar-refractivity contribution in [2.75, 3.05) is 7.11 Å². The molecule has 0 heterocycles. The van der Waals surface area contributed by atoms with Gasteiger partial charge in [0.25, 0.3) is 0 Å². The molecule has 0 amide bonds. The largest absolute Gasteiger partial charge is 0.493 e. The van der Waals surface area contributed by atoms with Gasteiger partial charge in [-0.15, -0.1) is 0 Å². The predicted octanol–water partition coefficient (Wildman–Crippen LogP) is 3.63. The molecule has 0 spiro atoms. The molecule has 0 atom stereocenters. The van der Waals surface area contributed by atoms with Crippen LogP contribution >= 0.6 is 11.6 Å². The first kappa shape index (κ1) is 14.2. The molecule has 0 saturated heterocycles. The van der Waals surface area contributed by atoms with Gasteiger partial charge in [-0.1, -0.05) is 23.7 Å². The van der Waals surface area contributed by atoms with E-state index in [1.165, 1.54) is 19.2 Å². The lowest BCUT2D eigenvalue weighted by Gasteiger charge is -2.11. The molecule has 0 aromatic heterocycles. The Labute approximate surface area is 121 Å². The zero-order valence-corrected chi connectivity index (χ0v) is 11.6. The van der Waals surface area contributed by atoms with Crippen LogP contribution in [0.5, 0.6) is 11.5 Å². The number of carboxylic acid groups (broad SMARTS) is 1. The number of benzene rings is 2. The summed E-state index contributed by atoms with van der Waals surface area (Å²) >= 11 is 5.81. The van der Waals surface area contributed by atoms with E-state index in [0.29, 0.717) is 23.1 Å². The van der Waals surface area contributed by atoms with Crippen LogP contribution in [0.3, 0.4) is 0 Å². The van der Waals surface area contributed by atoms with E-state index in [1.54, 1.807) is 18.2 Å². The van der Waals surface area contributed by atoms with E-state index in [1.807, 2.05) is 12.1 Å². The molecule has 2 rings (SSSR count). The standard InChI is InChI=1S/C15H13ClO4/c1-19-14-8-11(15(17)18)4-7-13(14)20-9-10-2-5-12(16)6-3-10/h2-8H,9H2,1H3,(H,17,18). The van der Waals surface area contributed by atoms with Crippen LogP contribution in [0.4, 0.5) is 0 Å². The average Bonchev–Trinajstić information content (AvgIpc) is 2.46. The van der Waals surface area contributed by atoms with Gasteiger partial charge < -0.3 is 14.6 Å². The Bertz CT molecular complexity index is 608. The molecular weight excluding hydrogens is 280 g/mol. The number of hydrogen-bond donors (Lipinski definition) is 1. The van der Waals surface area contributed by atoms with Crippen LogP contribution < -0.4 is 9.47 Å². The number of rotatable bonds is 5. The molecule has 104 valence electrons. The second-order valence-electron chi connectivity index (χ2n) is 4.09. The van der Waals surface area contributed by atoms with E-state index in [0.717, 1.165) is 5.56 Å². The fourth-order valence-corrected chi connectivity index (χ4v) is 1.79. The summed E-state index contributed by atoms with van der Waals surface area (Å²) < 4.78 is 10.8. The van der Waals surface area contributed by atoms with Crippen molar-refractivity contribution >= 4 is 17.6 Å². The van der Waals surface area contributed by atoms with Crippen molar-refractivity contribution in [3.05, 3.63) is 58.6 Å². The van der Waals surface area contributed by atoms with Crippen LogP contribution in [-0.2, 0) is 6.61 Å². The zero-order valence-electron chi connectivity index (χ0n) is 10.8. The summed E-state index contributed by atoms with van der Waals surface area (Å²) in [4.78, 5) is 10.9. The minimum atomic E-state index is -1.01. The number of aromatic carboxylic acids is 1. The van der Waals surface area contributed by atoms with E-state index in [-0.39, 0.29) is 5.56 Å². The molecule has 0 fully saturated rings. The van der Waals surface area contributed by atoms with Crippen molar-refractivity contribution in [2.45, 2.75) is 6.61 Å². The van der Waals surface area contributed by atoms with Gasteiger partial charge in [0.1, 0.15) is 6.61 Å². The fourth-order valence-electron chi connectivity index (χ4n) is 1.66. The highest BCUT2D eigenvalue weighted by Gasteiger charge is 2.10. The lowest BCUT2D eigenvalue weighted by atomic mass is 10.2. The van der Waals surface area contributed by atoms with E-state index in [9.17, 15) is 4.79 Å². The highest BCUT2D eigenvalue weighted by atomic mass is 35.5. The third kappa shape index (κ3) is 3.42. The maximum Gasteiger partial charge on any atom is 0.335 e. The number of methoxy groups -OCH3 is 1. The Kier molecular flexibility index (Phi) is 4.48. The van der Waals surface area contributed by atoms with Gasteiger partial charge in [0, 0.05) is 5.02 Å². The van der Waals surface area contributed by atoms with Gasteiger partial charge in [0.15, 0.2) is 11.5 Å². The van der Waals surface area contributed by atoms with E-state index in [2.05, 4.69) is 0 Å². The van der Waals surface area contributed by atoms with Crippen molar-refractivity contribution in [1.29, 1.82) is 0 Å². The molecule has 2 aromatic carbocycles. The Morgan fingerprint density at radius 2 is 1.85 bits per heavy atom. The van der Waals surface area contributed by atoms with Crippen molar-refractivity contribution < 1.29 is 19.4 Å². The Morgan fingerprint density at radius 3 is 2.45 bits per heavy atom. The van der Waals surface area contributed by atoms with Gasteiger partial charge in [-0.2, -0.15) is 0 Å². The van der Waals surface area contributed by atoms with Crippen LogP contribution in [-0.4, -0.2) is 18.2 Å². The van der Waals surface area contributed by atoms with Crippen LogP contribution in [0.2, 0.25) is 5.02 Å². The molecule has 20 heavy (non-hydrogen) atoms. The summed E-state index contributed by atoms with van der Waals surface area (Å²) in [6, 6.07) is 11.8. The molecule has 0 aliphatic rings. The van der Waals surface area contributed by atoms with Crippen molar-refractivity contribution in [3.63, 3.8) is 0 Å². The van der Waals surface area contributed by atoms with Crippen LogP contribution in [0.1, 0.15) is 15.9 Å². The molecule has 1 N–H and O–H groups in total. The van der Waals surface area contributed by atoms with Gasteiger partial charge in [-0.05, 0) is 35.9 Å². The molecule has 0 unspecified atom stereocenters. The fraction of sp³-hybridized carbons (Fsp3) is 0.133. The first-order valence-electron chi connectivity index (χ1n) is 5.88. The predicted molar refractivity (Wildman–Crippen MR) is 75.7 cm³/mol. The van der Waals surface area contributed by atoms with Crippen molar-refractivity contribution in [3.8, 4) is 11.5 Å². The summed E-state index contributed by atoms with van der Waals surface area (Å²) in [7, 11) is 1.47. The van der Waals surface area contributed by atoms with Gasteiger partial charge in [0.2, 0.25) is 0 Å². The summed E-state index contributed by atoms with van der Waals surface area (Å²) in [5.74, 6) is -0.126. The summed E-state index contributed by atoms with van der Waals surface area (Å²) in [5.41, 5.74) is 1.11. The topological polar surface area (TPSA) is 55.8 Å². The number of ether oxygens (including phenoxy) is 2. The summed E-state index contributed by atoms with van der Waals surface area (Å²) in [5, 5.41) is 9.58. The molecule has 0 radical (unpaired) electrons. The molecule has 5 heteroatoms. The lowest BCUT2D eigenvalue weighted by Crippen LogP contribution is -2.01. The Balaban J connectivity index is 2.12. The van der Waals surface area contributed by atoms with E-state index < -0.39 is 5.97 Å². The first-order chi connectivity index (χ1) is 9.60. The first-order valence-corrected chi connectivity index (χ1v) is 6.26. The molecule has 0 aliphatic carbocycles. The molecular formula is C15H13ClO4. The molecule has 0 bridgehead atoms. The van der Waals surface area contributed by atoms with E-state index >= 15 is 0 Å². The molecule has 0 saturated carbocycles. The van der Waals surface area contributed by atoms with Gasteiger partial charge in [-0.25, -0.2) is 4.79 Å². The molecule has 4 nitrogen and oxygen atoms in total. The monoisotopic (exact) mass is 292 g/mol. The average molecular weight is 293 g/mol. The summed E-state index contributed by atoms with van der Waals surface area (Å²) in [6.45, 7) is 0.347. The van der Waals surface area contributed by atoms with E-state index in [4.69, 9.17) is 26.2 Å². The summed E-state index contributed by atoms with van der Waals surface area (Å²) in [6.07, 6.45) is 0. The smallest absolute Gasteiger partial charge is 0.335 e. The van der Waals surface area contributed by atoms with Crippen LogP contribution in [0, 0.1) is 0 Å². The number of hydrogen-bond acceptors (Lipinski definition) is 3. The minimum Gasteiger partial charge on any atom is -0.493 e.